The van der Waals surface area contributed by atoms with Gasteiger partial charge in [0.25, 0.3) is 5.91 Å². The van der Waals surface area contributed by atoms with Crippen molar-refractivity contribution in [2.45, 2.75) is 22.8 Å². The van der Waals surface area contributed by atoms with Crippen molar-refractivity contribution in [3.8, 4) is 6.07 Å². The number of esters is 1. The van der Waals surface area contributed by atoms with Gasteiger partial charge in [0.2, 0.25) is 0 Å². The molecular formula is C27H20N2O3S. The number of ether oxygens (including phenoxy) is 1. The fourth-order valence-electron chi connectivity index (χ4n) is 3.28. The molecule has 0 aliphatic rings. The summed E-state index contributed by atoms with van der Waals surface area (Å²) in [5, 5.41) is 14.2. The smallest absolute Gasteiger partial charge is 0.340 e. The lowest BCUT2D eigenvalue weighted by molar-refractivity contribution is -0.123. The second-order valence-electron chi connectivity index (χ2n) is 7.30. The van der Waals surface area contributed by atoms with Crippen LogP contribution < -0.4 is 5.32 Å². The number of nitriles is 1. The van der Waals surface area contributed by atoms with Crippen molar-refractivity contribution in [2.24, 2.45) is 0 Å². The van der Waals surface area contributed by atoms with Crippen LogP contribution in [-0.4, -0.2) is 18.0 Å². The number of rotatable bonds is 6. The summed E-state index contributed by atoms with van der Waals surface area (Å²) in [7, 11) is 0. The molecule has 1 atom stereocenters. The first kappa shape index (κ1) is 22.1. The van der Waals surface area contributed by atoms with Gasteiger partial charge in [0, 0.05) is 15.5 Å². The maximum Gasteiger partial charge on any atom is 0.340 e. The van der Waals surface area contributed by atoms with Crippen molar-refractivity contribution in [1.29, 1.82) is 5.26 Å². The van der Waals surface area contributed by atoms with Gasteiger partial charge >= 0.3 is 5.97 Å². The number of fused-ring (bicyclic) bond motifs is 1. The number of carbonyl (C=O) groups excluding carboxylic acids is 2. The molecule has 0 aromatic heterocycles. The third kappa shape index (κ3) is 5.22. The topological polar surface area (TPSA) is 79.2 Å². The minimum Gasteiger partial charge on any atom is -0.449 e. The number of anilines is 1. The molecule has 4 rings (SSSR count). The highest BCUT2D eigenvalue weighted by Gasteiger charge is 2.21. The van der Waals surface area contributed by atoms with Crippen molar-refractivity contribution in [3.05, 3.63) is 102 Å². The molecule has 0 aliphatic carbocycles. The van der Waals surface area contributed by atoms with Crippen LogP contribution in [0.3, 0.4) is 0 Å². The number of nitrogens with zero attached hydrogens (tertiary/aromatic N) is 1. The SMILES string of the molecule is CC(OC(=O)c1ccccc1Sc1ccccc1C#N)C(=O)Nc1ccc2ccccc2c1. The summed E-state index contributed by atoms with van der Waals surface area (Å²) in [6.45, 7) is 1.54. The molecular weight excluding hydrogens is 432 g/mol. The Kier molecular flexibility index (Phi) is 6.72. The van der Waals surface area contributed by atoms with E-state index >= 15 is 0 Å². The Morgan fingerprint density at radius 3 is 2.33 bits per heavy atom. The average Bonchev–Trinajstić information content (AvgIpc) is 2.84. The Morgan fingerprint density at radius 1 is 0.879 bits per heavy atom. The molecule has 0 spiro atoms. The Morgan fingerprint density at radius 2 is 1.55 bits per heavy atom. The van der Waals surface area contributed by atoms with Crippen LogP contribution in [0, 0.1) is 11.3 Å². The summed E-state index contributed by atoms with van der Waals surface area (Å²) in [5.74, 6) is -1.02. The van der Waals surface area contributed by atoms with Gasteiger partial charge in [0.15, 0.2) is 6.10 Å². The van der Waals surface area contributed by atoms with Gasteiger partial charge in [-0.05, 0) is 54.1 Å². The van der Waals surface area contributed by atoms with Crippen LogP contribution in [0.5, 0.6) is 0 Å². The first-order valence-corrected chi connectivity index (χ1v) is 11.1. The van der Waals surface area contributed by atoms with E-state index in [9.17, 15) is 14.9 Å². The largest absolute Gasteiger partial charge is 0.449 e. The van der Waals surface area contributed by atoms with E-state index in [1.807, 2.05) is 60.7 Å². The van der Waals surface area contributed by atoms with Gasteiger partial charge in [-0.3, -0.25) is 4.79 Å². The molecule has 0 fully saturated rings. The first-order chi connectivity index (χ1) is 16.0. The maximum absolute atomic E-state index is 12.9. The minimum absolute atomic E-state index is 0.334. The molecule has 4 aromatic rings. The third-order valence-electron chi connectivity index (χ3n) is 5.00. The van der Waals surface area contributed by atoms with E-state index in [1.54, 1.807) is 30.3 Å². The highest BCUT2D eigenvalue weighted by Crippen LogP contribution is 2.33. The Hall–Kier alpha value is -4.08. The Balaban J connectivity index is 1.46. The van der Waals surface area contributed by atoms with Crippen LogP contribution >= 0.6 is 11.8 Å². The number of hydrogen-bond donors (Lipinski definition) is 1. The molecule has 33 heavy (non-hydrogen) atoms. The lowest BCUT2D eigenvalue weighted by Gasteiger charge is -2.15. The fourth-order valence-corrected chi connectivity index (χ4v) is 4.29. The maximum atomic E-state index is 12.9. The summed E-state index contributed by atoms with van der Waals surface area (Å²) < 4.78 is 5.46. The zero-order valence-corrected chi connectivity index (χ0v) is 18.6. The van der Waals surface area contributed by atoms with E-state index in [4.69, 9.17) is 4.74 Å². The molecule has 1 N–H and O–H groups in total. The fraction of sp³-hybridized carbons (Fsp3) is 0.0741. The summed E-state index contributed by atoms with van der Waals surface area (Å²) >= 11 is 1.31. The van der Waals surface area contributed by atoms with E-state index in [2.05, 4.69) is 11.4 Å². The number of amides is 1. The van der Waals surface area contributed by atoms with Crippen LogP contribution in [-0.2, 0) is 9.53 Å². The molecule has 0 bridgehead atoms. The van der Waals surface area contributed by atoms with E-state index in [0.717, 1.165) is 15.7 Å². The van der Waals surface area contributed by atoms with Crippen LogP contribution in [0.15, 0.2) is 101 Å². The van der Waals surface area contributed by atoms with Gasteiger partial charge in [0.05, 0.1) is 11.1 Å². The monoisotopic (exact) mass is 452 g/mol. The van der Waals surface area contributed by atoms with E-state index in [-0.39, 0.29) is 0 Å². The molecule has 5 nitrogen and oxygen atoms in total. The highest BCUT2D eigenvalue weighted by molar-refractivity contribution is 7.99. The number of nitrogens with one attached hydrogen (secondary N) is 1. The molecule has 162 valence electrons. The second-order valence-corrected chi connectivity index (χ2v) is 8.39. The van der Waals surface area contributed by atoms with Gasteiger partial charge in [-0.2, -0.15) is 5.26 Å². The molecule has 4 aromatic carbocycles. The van der Waals surface area contributed by atoms with Crippen molar-refractivity contribution in [1.82, 2.24) is 0 Å². The predicted molar refractivity (Wildman–Crippen MR) is 129 cm³/mol. The molecule has 0 saturated carbocycles. The predicted octanol–water partition coefficient (Wildman–Crippen LogP) is 6.05. The molecule has 0 radical (unpaired) electrons. The molecule has 0 heterocycles. The van der Waals surface area contributed by atoms with Gasteiger partial charge < -0.3 is 10.1 Å². The van der Waals surface area contributed by atoms with Gasteiger partial charge in [0.1, 0.15) is 6.07 Å². The quantitative estimate of drug-likeness (QED) is 0.361. The van der Waals surface area contributed by atoms with Crippen molar-refractivity contribution < 1.29 is 14.3 Å². The van der Waals surface area contributed by atoms with Crippen LogP contribution in [0.25, 0.3) is 10.8 Å². The van der Waals surface area contributed by atoms with Crippen LogP contribution in [0.2, 0.25) is 0 Å². The summed E-state index contributed by atoms with van der Waals surface area (Å²) in [4.78, 5) is 26.9. The first-order valence-electron chi connectivity index (χ1n) is 10.3. The van der Waals surface area contributed by atoms with Gasteiger partial charge in [-0.25, -0.2) is 4.79 Å². The molecule has 6 heteroatoms. The molecule has 0 saturated heterocycles. The van der Waals surface area contributed by atoms with E-state index in [1.165, 1.54) is 18.7 Å². The lowest BCUT2D eigenvalue weighted by atomic mass is 10.1. The summed E-state index contributed by atoms with van der Waals surface area (Å²) in [6, 6.07) is 29.8. The zero-order valence-electron chi connectivity index (χ0n) is 17.8. The van der Waals surface area contributed by atoms with E-state index < -0.39 is 18.0 Å². The number of hydrogen-bond acceptors (Lipinski definition) is 5. The zero-order chi connectivity index (χ0) is 23.2. The number of carbonyl (C=O) groups is 2. The minimum atomic E-state index is -0.992. The highest BCUT2D eigenvalue weighted by atomic mass is 32.2. The van der Waals surface area contributed by atoms with Crippen molar-refractivity contribution in [2.75, 3.05) is 5.32 Å². The van der Waals surface area contributed by atoms with Gasteiger partial charge in [-0.15, -0.1) is 0 Å². The summed E-state index contributed by atoms with van der Waals surface area (Å²) in [6.07, 6.45) is -0.992. The van der Waals surface area contributed by atoms with Gasteiger partial charge in [-0.1, -0.05) is 66.4 Å². The molecule has 1 amide bonds. The standard InChI is InChI=1S/C27H20N2O3S/c1-18(26(30)29-22-15-14-19-8-2-3-9-20(19)16-22)32-27(31)23-11-5-7-13-25(23)33-24-12-6-4-10-21(24)17-28/h2-16,18H,1H3,(H,29,30). The molecule has 0 aliphatic heterocycles. The lowest BCUT2D eigenvalue weighted by Crippen LogP contribution is -2.30. The van der Waals surface area contributed by atoms with Crippen LogP contribution in [0.1, 0.15) is 22.8 Å². The number of benzene rings is 4. The van der Waals surface area contributed by atoms with Crippen LogP contribution in [0.4, 0.5) is 5.69 Å². The Labute approximate surface area is 196 Å². The normalized spacial score (nSPS) is 11.4. The second kappa shape index (κ2) is 10.0. The molecule has 1 unspecified atom stereocenters. The van der Waals surface area contributed by atoms with Crippen molar-refractivity contribution in [3.63, 3.8) is 0 Å². The third-order valence-corrected chi connectivity index (χ3v) is 6.16. The van der Waals surface area contributed by atoms with Crippen molar-refractivity contribution >= 4 is 40.1 Å². The van der Waals surface area contributed by atoms with E-state index in [0.29, 0.717) is 21.7 Å². The average molecular weight is 453 g/mol. The Bertz CT molecular complexity index is 1380. The summed E-state index contributed by atoms with van der Waals surface area (Å²) in [5.41, 5.74) is 1.49.